The Balaban J connectivity index is 1.72. The first-order chi connectivity index (χ1) is 12.4. The monoisotopic (exact) mass is 357 g/mol. The fourth-order valence-electron chi connectivity index (χ4n) is 3.55. The minimum atomic E-state index is -0.362. The molecule has 1 spiro atoms. The molecule has 2 heterocycles. The van der Waals surface area contributed by atoms with Gasteiger partial charge in [-0.25, -0.2) is 9.97 Å². The molecule has 1 unspecified atom stereocenters. The Bertz CT molecular complexity index is 785. The number of methoxy groups -OCH3 is 1. The van der Waals surface area contributed by atoms with E-state index in [2.05, 4.69) is 9.97 Å². The van der Waals surface area contributed by atoms with E-state index < -0.39 is 0 Å². The van der Waals surface area contributed by atoms with Crippen LogP contribution in [-0.2, 0) is 14.3 Å². The highest BCUT2D eigenvalue weighted by atomic mass is 16.5. The number of rotatable bonds is 4. The van der Waals surface area contributed by atoms with E-state index in [0.717, 1.165) is 18.5 Å². The van der Waals surface area contributed by atoms with E-state index in [1.165, 1.54) is 19.5 Å². The number of aryl methyl sites for hydroxylation is 1. The largest absolute Gasteiger partial charge is 0.469 e. The van der Waals surface area contributed by atoms with Crippen molar-refractivity contribution in [1.82, 2.24) is 14.9 Å². The van der Waals surface area contributed by atoms with E-state index in [4.69, 9.17) is 15.9 Å². The standard InChI is InChI=1S/C18H23N5O3/c1-11-7-15(22-10-21-11)13(19)8-14(20)16(24)23-6-3-12(17(25)26-2)9-18(23)4-5-18/h7-8,10,12,20H,3-6,9,19H2,1-2H3/b13-8-,20-14?. The zero-order chi connectivity index (χ0) is 18.9. The van der Waals surface area contributed by atoms with Gasteiger partial charge in [0.15, 0.2) is 0 Å². The molecule has 26 heavy (non-hydrogen) atoms. The number of nitrogens with two attached hydrogens (primary N) is 1. The van der Waals surface area contributed by atoms with Gasteiger partial charge in [-0.3, -0.25) is 15.0 Å². The highest BCUT2D eigenvalue weighted by molar-refractivity contribution is 6.43. The molecular formula is C18H23N5O3. The average molecular weight is 357 g/mol. The van der Waals surface area contributed by atoms with Crippen LogP contribution in [0.3, 0.4) is 0 Å². The summed E-state index contributed by atoms with van der Waals surface area (Å²) in [5, 5.41) is 8.16. The third-order valence-corrected chi connectivity index (χ3v) is 5.14. The zero-order valence-electron chi connectivity index (χ0n) is 15.0. The quantitative estimate of drug-likeness (QED) is 0.613. The van der Waals surface area contributed by atoms with Crippen LogP contribution in [0, 0.1) is 18.3 Å². The van der Waals surface area contributed by atoms with Gasteiger partial charge >= 0.3 is 5.97 Å². The van der Waals surface area contributed by atoms with Crippen molar-refractivity contribution in [3.05, 3.63) is 29.9 Å². The molecule has 0 bridgehead atoms. The summed E-state index contributed by atoms with van der Waals surface area (Å²) in [6.45, 7) is 2.26. The van der Waals surface area contributed by atoms with Crippen LogP contribution in [0.15, 0.2) is 18.5 Å². The number of hydrogen-bond acceptors (Lipinski definition) is 7. The van der Waals surface area contributed by atoms with Crippen molar-refractivity contribution in [2.45, 2.75) is 38.1 Å². The first-order valence-corrected chi connectivity index (χ1v) is 8.61. The number of likely N-dealkylation sites (tertiary alicyclic amines) is 1. The van der Waals surface area contributed by atoms with Crippen molar-refractivity contribution in [3.63, 3.8) is 0 Å². The lowest BCUT2D eigenvalue weighted by molar-refractivity contribution is -0.150. The molecule has 0 aromatic carbocycles. The van der Waals surface area contributed by atoms with E-state index in [1.807, 2.05) is 6.92 Å². The molecule has 1 saturated carbocycles. The highest BCUT2D eigenvalue weighted by Crippen LogP contribution is 2.50. The average Bonchev–Trinajstić information content (AvgIpc) is 3.39. The summed E-state index contributed by atoms with van der Waals surface area (Å²) < 4.78 is 4.84. The lowest BCUT2D eigenvalue weighted by Crippen LogP contribution is -2.51. The van der Waals surface area contributed by atoms with Crippen LogP contribution in [-0.4, -0.2) is 51.6 Å². The third-order valence-electron chi connectivity index (χ3n) is 5.14. The molecule has 1 atom stereocenters. The van der Waals surface area contributed by atoms with E-state index in [9.17, 15) is 9.59 Å². The van der Waals surface area contributed by atoms with Gasteiger partial charge in [0.25, 0.3) is 5.91 Å². The van der Waals surface area contributed by atoms with Gasteiger partial charge < -0.3 is 15.4 Å². The van der Waals surface area contributed by atoms with Gasteiger partial charge in [0.05, 0.1) is 24.4 Å². The molecule has 1 aromatic rings. The molecule has 2 fully saturated rings. The van der Waals surface area contributed by atoms with Crippen molar-refractivity contribution >= 4 is 23.3 Å². The summed E-state index contributed by atoms with van der Waals surface area (Å²) in [6.07, 6.45) is 5.59. The maximum atomic E-state index is 12.8. The van der Waals surface area contributed by atoms with E-state index in [1.54, 1.807) is 11.0 Å². The first-order valence-electron chi connectivity index (χ1n) is 8.61. The number of aromatic nitrogens is 2. The number of piperidine rings is 1. The SMILES string of the molecule is COC(=O)C1CCN(C(=O)C(=N)/C=C(\N)c2cc(C)ncn2)C2(CC2)C1. The van der Waals surface area contributed by atoms with Gasteiger partial charge in [0, 0.05) is 17.8 Å². The number of nitrogens with one attached hydrogen (secondary N) is 1. The molecule has 3 rings (SSSR count). The number of hydrogen-bond donors (Lipinski definition) is 2. The second-order valence-corrected chi connectivity index (χ2v) is 6.95. The summed E-state index contributed by atoms with van der Waals surface area (Å²) in [6, 6.07) is 1.70. The summed E-state index contributed by atoms with van der Waals surface area (Å²) in [5.41, 5.74) is 7.00. The van der Waals surface area contributed by atoms with Crippen LogP contribution in [0.1, 0.15) is 37.1 Å². The van der Waals surface area contributed by atoms with Gasteiger partial charge in [-0.05, 0) is 44.7 Å². The molecule has 3 N–H and O–H groups in total. The molecule has 1 saturated heterocycles. The van der Waals surface area contributed by atoms with Gasteiger partial charge in [0.1, 0.15) is 12.0 Å². The van der Waals surface area contributed by atoms with E-state index in [0.29, 0.717) is 25.1 Å². The fraction of sp³-hybridized carbons (Fsp3) is 0.500. The third kappa shape index (κ3) is 3.44. The number of carbonyl (C=O) groups is 2. The molecule has 8 heteroatoms. The second-order valence-electron chi connectivity index (χ2n) is 6.95. The minimum absolute atomic E-state index is 0.176. The van der Waals surface area contributed by atoms with E-state index >= 15 is 0 Å². The van der Waals surface area contributed by atoms with Crippen molar-refractivity contribution in [3.8, 4) is 0 Å². The maximum Gasteiger partial charge on any atom is 0.308 e. The molecule has 1 aromatic heterocycles. The number of esters is 1. The van der Waals surface area contributed by atoms with Crippen molar-refractivity contribution in [2.24, 2.45) is 11.7 Å². The van der Waals surface area contributed by atoms with Crippen molar-refractivity contribution < 1.29 is 14.3 Å². The Kier molecular flexibility index (Phi) is 4.76. The predicted octanol–water partition coefficient (Wildman–Crippen LogP) is 1.05. The molecule has 1 amide bonds. The van der Waals surface area contributed by atoms with Crippen LogP contribution >= 0.6 is 0 Å². The van der Waals surface area contributed by atoms with Gasteiger partial charge in [-0.1, -0.05) is 0 Å². The molecule has 1 aliphatic carbocycles. The first kappa shape index (κ1) is 18.0. The lowest BCUT2D eigenvalue weighted by Gasteiger charge is -2.39. The number of ether oxygens (including phenoxy) is 1. The van der Waals surface area contributed by atoms with Crippen LogP contribution in [0.5, 0.6) is 0 Å². The van der Waals surface area contributed by atoms with Gasteiger partial charge in [-0.2, -0.15) is 0 Å². The zero-order valence-corrected chi connectivity index (χ0v) is 15.0. The van der Waals surface area contributed by atoms with Gasteiger partial charge in [0.2, 0.25) is 0 Å². The lowest BCUT2D eigenvalue weighted by atomic mass is 9.88. The number of nitrogens with zero attached hydrogens (tertiary/aromatic N) is 3. The van der Waals surface area contributed by atoms with Crippen LogP contribution in [0.2, 0.25) is 0 Å². The smallest absolute Gasteiger partial charge is 0.308 e. The Labute approximate surface area is 152 Å². The molecule has 0 radical (unpaired) electrons. The second kappa shape index (κ2) is 6.86. The van der Waals surface area contributed by atoms with Crippen molar-refractivity contribution in [2.75, 3.05) is 13.7 Å². The molecular weight excluding hydrogens is 334 g/mol. The summed E-state index contributed by atoms with van der Waals surface area (Å²) in [5.74, 6) is -0.758. The molecule has 2 aliphatic rings. The summed E-state index contributed by atoms with van der Waals surface area (Å²) >= 11 is 0. The van der Waals surface area contributed by atoms with E-state index in [-0.39, 0.29) is 34.7 Å². The van der Waals surface area contributed by atoms with Crippen LogP contribution in [0.4, 0.5) is 0 Å². The van der Waals surface area contributed by atoms with Crippen LogP contribution < -0.4 is 5.73 Å². The van der Waals surface area contributed by atoms with Crippen molar-refractivity contribution in [1.29, 1.82) is 5.41 Å². The number of amides is 1. The van der Waals surface area contributed by atoms with Gasteiger partial charge in [-0.15, -0.1) is 0 Å². The highest BCUT2D eigenvalue weighted by Gasteiger charge is 2.54. The maximum absolute atomic E-state index is 12.8. The number of carbonyl (C=O) groups excluding carboxylic acids is 2. The normalized spacial score (nSPS) is 21.4. The fourth-order valence-corrected chi connectivity index (χ4v) is 3.55. The molecule has 138 valence electrons. The predicted molar refractivity (Wildman–Crippen MR) is 95.1 cm³/mol. The minimum Gasteiger partial charge on any atom is -0.469 e. The topological polar surface area (TPSA) is 122 Å². The Hall–Kier alpha value is -2.77. The summed E-state index contributed by atoms with van der Waals surface area (Å²) in [7, 11) is 1.39. The molecule has 8 nitrogen and oxygen atoms in total. The Morgan fingerprint density at radius 3 is 2.77 bits per heavy atom. The Morgan fingerprint density at radius 1 is 1.42 bits per heavy atom. The Morgan fingerprint density at radius 2 is 2.15 bits per heavy atom. The summed E-state index contributed by atoms with van der Waals surface area (Å²) in [4.78, 5) is 34.4. The van der Waals surface area contributed by atoms with Crippen LogP contribution in [0.25, 0.3) is 5.70 Å². The molecule has 1 aliphatic heterocycles.